The van der Waals surface area contributed by atoms with Gasteiger partial charge in [-0.15, -0.1) is 0 Å². The Morgan fingerprint density at radius 1 is 1.38 bits per heavy atom. The van der Waals surface area contributed by atoms with Crippen LogP contribution < -0.4 is 5.32 Å². The highest BCUT2D eigenvalue weighted by Gasteiger charge is 2.33. The first-order valence-electron chi connectivity index (χ1n) is 8.35. The average molecular weight is 441 g/mol. The van der Waals surface area contributed by atoms with Crippen molar-refractivity contribution in [2.75, 3.05) is 23.4 Å². The van der Waals surface area contributed by atoms with Gasteiger partial charge in [0.15, 0.2) is 9.84 Å². The predicted molar refractivity (Wildman–Crippen MR) is 104 cm³/mol. The topological polar surface area (TPSA) is 79.6 Å². The first kappa shape index (κ1) is 19.1. The van der Waals surface area contributed by atoms with E-state index in [1.807, 2.05) is 36.1 Å². The minimum atomic E-state index is -3.03. The molecule has 0 spiro atoms. The number of carbonyl (C=O) groups excluding carboxylic acids is 1. The molecule has 0 unspecified atom stereocenters. The molecule has 1 amide bonds. The third kappa shape index (κ3) is 4.96. The van der Waals surface area contributed by atoms with Gasteiger partial charge in [-0.25, -0.2) is 8.42 Å². The number of nitrogens with one attached hydrogen (secondary N) is 1. The number of nitrogens with zero attached hydrogens (tertiary/aromatic N) is 1. The van der Waals surface area contributed by atoms with Gasteiger partial charge in [-0.3, -0.25) is 9.69 Å². The Morgan fingerprint density at radius 3 is 2.81 bits per heavy atom. The predicted octanol–water partition coefficient (Wildman–Crippen LogP) is 2.98. The number of hydrogen-bond acceptors (Lipinski definition) is 5. The molecule has 6 nitrogen and oxygen atoms in total. The van der Waals surface area contributed by atoms with E-state index in [9.17, 15) is 13.2 Å². The number of benzene rings is 1. The fourth-order valence-corrected chi connectivity index (χ4v) is 5.18. The van der Waals surface area contributed by atoms with Gasteiger partial charge in [0, 0.05) is 16.2 Å². The molecule has 26 heavy (non-hydrogen) atoms. The number of furan rings is 1. The molecule has 3 rings (SSSR count). The van der Waals surface area contributed by atoms with Crippen molar-refractivity contribution >= 4 is 37.4 Å². The molecule has 1 aromatic heterocycles. The van der Waals surface area contributed by atoms with Crippen LogP contribution in [0.2, 0.25) is 0 Å². The third-order valence-electron chi connectivity index (χ3n) is 4.47. The van der Waals surface area contributed by atoms with E-state index in [2.05, 4.69) is 21.2 Å². The zero-order valence-electron chi connectivity index (χ0n) is 14.4. The van der Waals surface area contributed by atoms with Crippen molar-refractivity contribution in [2.24, 2.45) is 0 Å². The highest BCUT2D eigenvalue weighted by molar-refractivity contribution is 9.10. The van der Waals surface area contributed by atoms with Crippen LogP contribution in [-0.2, 0) is 21.2 Å². The summed E-state index contributed by atoms with van der Waals surface area (Å²) in [6.07, 6.45) is 2.11. The Balaban J connectivity index is 1.69. The Kier molecular flexibility index (Phi) is 5.84. The van der Waals surface area contributed by atoms with Gasteiger partial charge < -0.3 is 9.73 Å². The molecule has 0 bridgehead atoms. The van der Waals surface area contributed by atoms with E-state index in [0.717, 1.165) is 10.0 Å². The van der Waals surface area contributed by atoms with Gasteiger partial charge >= 0.3 is 0 Å². The van der Waals surface area contributed by atoms with Crippen LogP contribution in [0.3, 0.4) is 0 Å². The summed E-state index contributed by atoms with van der Waals surface area (Å²) in [5.41, 5.74) is 1.78. The van der Waals surface area contributed by atoms with Gasteiger partial charge in [-0.05, 0) is 43.2 Å². The summed E-state index contributed by atoms with van der Waals surface area (Å²) >= 11 is 3.45. The highest BCUT2D eigenvalue weighted by Crippen LogP contribution is 2.22. The van der Waals surface area contributed by atoms with E-state index in [-0.39, 0.29) is 30.0 Å². The summed E-state index contributed by atoms with van der Waals surface area (Å²) in [4.78, 5) is 14.4. The maximum atomic E-state index is 12.5. The maximum Gasteiger partial charge on any atom is 0.238 e. The lowest BCUT2D eigenvalue weighted by Crippen LogP contribution is -2.41. The van der Waals surface area contributed by atoms with Crippen molar-refractivity contribution in [1.82, 2.24) is 4.90 Å². The van der Waals surface area contributed by atoms with Crippen LogP contribution in [0.5, 0.6) is 0 Å². The van der Waals surface area contributed by atoms with E-state index in [1.165, 1.54) is 0 Å². The van der Waals surface area contributed by atoms with Gasteiger partial charge in [0.25, 0.3) is 0 Å². The Morgan fingerprint density at radius 2 is 2.19 bits per heavy atom. The van der Waals surface area contributed by atoms with Crippen molar-refractivity contribution in [3.63, 3.8) is 0 Å². The molecule has 1 aromatic carbocycles. The SMILES string of the molecule is Cc1ccc(NC(=O)CN(Cc2ccco2)[C@@H]2CCS(=O)(=O)C2)cc1Br. The van der Waals surface area contributed by atoms with E-state index in [0.29, 0.717) is 24.4 Å². The van der Waals surface area contributed by atoms with Crippen LogP contribution in [0, 0.1) is 6.92 Å². The second-order valence-corrected chi connectivity index (χ2v) is 9.64. The highest BCUT2D eigenvalue weighted by atomic mass is 79.9. The summed E-state index contributed by atoms with van der Waals surface area (Å²) in [5, 5.41) is 2.87. The van der Waals surface area contributed by atoms with Crippen LogP contribution in [-0.4, -0.2) is 43.3 Å². The summed E-state index contributed by atoms with van der Waals surface area (Å²) in [6.45, 7) is 2.48. The monoisotopic (exact) mass is 440 g/mol. The van der Waals surface area contributed by atoms with Crippen LogP contribution in [0.15, 0.2) is 45.5 Å². The van der Waals surface area contributed by atoms with Gasteiger partial charge in [-0.2, -0.15) is 0 Å². The van der Waals surface area contributed by atoms with Crippen molar-refractivity contribution in [2.45, 2.75) is 25.9 Å². The van der Waals surface area contributed by atoms with E-state index in [4.69, 9.17) is 4.42 Å². The minimum Gasteiger partial charge on any atom is -0.468 e. The first-order valence-corrected chi connectivity index (χ1v) is 11.0. The number of hydrogen-bond donors (Lipinski definition) is 1. The van der Waals surface area contributed by atoms with Crippen molar-refractivity contribution in [1.29, 1.82) is 0 Å². The molecule has 1 aliphatic rings. The summed E-state index contributed by atoms with van der Waals surface area (Å²) in [5.74, 6) is 0.771. The molecule has 140 valence electrons. The number of halogens is 1. The molecule has 2 aromatic rings. The summed E-state index contributed by atoms with van der Waals surface area (Å²) in [6, 6.07) is 9.04. The number of sulfone groups is 1. The maximum absolute atomic E-state index is 12.5. The average Bonchev–Trinajstić information content (AvgIpc) is 3.19. The molecular weight excluding hydrogens is 420 g/mol. The number of carbonyl (C=O) groups is 1. The van der Waals surface area contributed by atoms with Crippen LogP contribution >= 0.6 is 15.9 Å². The number of amides is 1. The lowest BCUT2D eigenvalue weighted by Gasteiger charge is -2.26. The molecule has 1 N–H and O–H groups in total. The third-order valence-corrected chi connectivity index (χ3v) is 7.07. The van der Waals surface area contributed by atoms with Crippen molar-refractivity contribution < 1.29 is 17.6 Å². The lowest BCUT2D eigenvalue weighted by atomic mass is 10.2. The van der Waals surface area contributed by atoms with Crippen LogP contribution in [0.4, 0.5) is 5.69 Å². The zero-order valence-corrected chi connectivity index (χ0v) is 16.8. The quantitative estimate of drug-likeness (QED) is 0.746. The van der Waals surface area contributed by atoms with Gasteiger partial charge in [0.1, 0.15) is 5.76 Å². The normalized spacial score (nSPS) is 19.0. The molecule has 8 heteroatoms. The van der Waals surface area contributed by atoms with Gasteiger partial charge in [-0.1, -0.05) is 22.0 Å². The van der Waals surface area contributed by atoms with Crippen molar-refractivity contribution in [3.05, 3.63) is 52.4 Å². The van der Waals surface area contributed by atoms with Gasteiger partial charge in [0.05, 0.1) is 30.9 Å². The first-order chi connectivity index (χ1) is 12.3. The molecule has 0 radical (unpaired) electrons. The number of anilines is 1. The molecule has 0 aliphatic carbocycles. The molecule has 1 fully saturated rings. The van der Waals surface area contributed by atoms with Crippen LogP contribution in [0.1, 0.15) is 17.7 Å². The summed E-state index contributed by atoms with van der Waals surface area (Å²) < 4.78 is 30.0. The molecule has 1 aliphatic heterocycles. The molecule has 0 saturated carbocycles. The summed E-state index contributed by atoms with van der Waals surface area (Å²) in [7, 11) is -3.03. The fourth-order valence-electron chi connectivity index (χ4n) is 3.04. The number of rotatable bonds is 6. The lowest BCUT2D eigenvalue weighted by molar-refractivity contribution is -0.118. The van der Waals surface area contributed by atoms with E-state index in [1.54, 1.807) is 12.3 Å². The van der Waals surface area contributed by atoms with E-state index < -0.39 is 9.84 Å². The number of aryl methyl sites for hydroxylation is 1. The second-order valence-electron chi connectivity index (χ2n) is 6.55. The second kappa shape index (κ2) is 7.94. The van der Waals surface area contributed by atoms with E-state index >= 15 is 0 Å². The standard InChI is InChI=1S/C18H21BrN2O4S/c1-13-4-5-14(9-17(13)19)20-18(22)11-21(10-16-3-2-7-25-16)15-6-8-26(23,24)12-15/h2-5,7,9,15H,6,8,10-12H2,1H3,(H,20,22)/t15-/m1/s1. The Labute approximate surface area is 161 Å². The van der Waals surface area contributed by atoms with Gasteiger partial charge in [0.2, 0.25) is 5.91 Å². The Hall–Kier alpha value is -1.64. The van der Waals surface area contributed by atoms with Crippen molar-refractivity contribution in [3.8, 4) is 0 Å². The fraction of sp³-hybridized carbons (Fsp3) is 0.389. The molecule has 1 saturated heterocycles. The van der Waals surface area contributed by atoms with Crippen LogP contribution in [0.25, 0.3) is 0 Å². The largest absolute Gasteiger partial charge is 0.468 e. The Bertz CT molecular complexity index is 881. The minimum absolute atomic E-state index is 0.0804. The molecule has 1 atom stereocenters. The smallest absolute Gasteiger partial charge is 0.238 e. The molecular formula is C18H21BrN2O4S. The zero-order chi connectivity index (χ0) is 18.7. The molecule has 2 heterocycles.